The van der Waals surface area contributed by atoms with Crippen LogP contribution in [0.25, 0.3) is 5.57 Å². The quantitative estimate of drug-likeness (QED) is 0.572. The van der Waals surface area contributed by atoms with E-state index in [1.165, 1.54) is 0 Å². The van der Waals surface area contributed by atoms with E-state index in [4.69, 9.17) is 9.47 Å². The molecule has 0 unspecified atom stereocenters. The molecular formula is C21H27NO4. The van der Waals surface area contributed by atoms with Crippen LogP contribution in [-0.2, 0) is 9.47 Å². The maximum atomic E-state index is 12.9. The summed E-state index contributed by atoms with van der Waals surface area (Å²) in [6, 6.07) is 0.186. The summed E-state index contributed by atoms with van der Waals surface area (Å²) in [6.45, 7) is 11.1. The third-order valence-electron chi connectivity index (χ3n) is 4.28. The molecule has 0 bridgehead atoms. The zero-order chi connectivity index (χ0) is 19.1. The second-order valence-corrected chi connectivity index (χ2v) is 6.50. The Labute approximate surface area is 154 Å². The number of aromatic nitrogens is 1. The number of hydrogen-bond donors (Lipinski definition) is 0. The zero-order valence-electron chi connectivity index (χ0n) is 15.8. The summed E-state index contributed by atoms with van der Waals surface area (Å²) in [6.07, 6.45) is 10.5. The molecule has 0 aliphatic carbocycles. The standard InChI is InChI=1S/C21H27NO4/c1-5-16(8-7-15(3)4)18-13-22(17-9-11-25-12-10-17)14-19(20(18)23)21(24)26-6-2/h5,7-8,13-14,17H,1,6,9-12H2,2-4H3/b16-8+. The van der Waals surface area contributed by atoms with Crippen molar-refractivity contribution in [3.8, 4) is 0 Å². The molecule has 0 spiro atoms. The molecular weight excluding hydrogens is 330 g/mol. The van der Waals surface area contributed by atoms with Crippen LogP contribution in [0.5, 0.6) is 0 Å². The average molecular weight is 357 g/mol. The normalized spacial score (nSPS) is 15.4. The Balaban J connectivity index is 2.61. The van der Waals surface area contributed by atoms with Gasteiger partial charge in [0, 0.05) is 37.2 Å². The highest BCUT2D eigenvalue weighted by Gasteiger charge is 2.21. The lowest BCUT2D eigenvalue weighted by molar-refractivity contribution is 0.0521. The molecule has 0 radical (unpaired) electrons. The number of carbonyl (C=O) groups excluding carboxylic acids is 1. The maximum absolute atomic E-state index is 12.9. The SMILES string of the molecule is C=C/C(=C\C=C(C)C)c1cn(C2CCOCC2)cc(C(=O)OCC)c1=O. The molecule has 0 saturated carbocycles. The van der Waals surface area contributed by atoms with Crippen molar-refractivity contribution >= 4 is 11.5 Å². The molecule has 1 saturated heterocycles. The van der Waals surface area contributed by atoms with Crippen molar-refractivity contribution < 1.29 is 14.3 Å². The van der Waals surface area contributed by atoms with Gasteiger partial charge in [-0.2, -0.15) is 0 Å². The Morgan fingerprint density at radius 1 is 1.27 bits per heavy atom. The fourth-order valence-corrected chi connectivity index (χ4v) is 2.88. The molecule has 26 heavy (non-hydrogen) atoms. The number of ether oxygens (including phenoxy) is 2. The minimum atomic E-state index is -0.592. The minimum absolute atomic E-state index is 0.0563. The predicted molar refractivity (Wildman–Crippen MR) is 103 cm³/mol. The topological polar surface area (TPSA) is 57.5 Å². The molecule has 1 aromatic rings. The van der Waals surface area contributed by atoms with E-state index in [0.29, 0.717) is 24.4 Å². The van der Waals surface area contributed by atoms with Gasteiger partial charge >= 0.3 is 5.97 Å². The number of hydrogen-bond acceptors (Lipinski definition) is 4. The van der Waals surface area contributed by atoms with Gasteiger partial charge in [0.25, 0.3) is 0 Å². The molecule has 1 aromatic heterocycles. The van der Waals surface area contributed by atoms with Crippen LogP contribution >= 0.6 is 0 Å². The molecule has 0 atom stereocenters. The maximum Gasteiger partial charge on any atom is 0.343 e. The van der Waals surface area contributed by atoms with Crippen molar-refractivity contribution in [1.82, 2.24) is 4.57 Å². The van der Waals surface area contributed by atoms with Crippen molar-refractivity contribution in [3.63, 3.8) is 0 Å². The molecule has 5 nitrogen and oxygen atoms in total. The summed E-state index contributed by atoms with van der Waals surface area (Å²) in [5, 5.41) is 0. The predicted octanol–water partition coefficient (Wildman–Crippen LogP) is 3.91. The Morgan fingerprint density at radius 3 is 2.50 bits per heavy atom. The van der Waals surface area contributed by atoms with Gasteiger partial charge in [0.2, 0.25) is 5.43 Å². The molecule has 5 heteroatoms. The van der Waals surface area contributed by atoms with Crippen LogP contribution < -0.4 is 5.43 Å². The van der Waals surface area contributed by atoms with Crippen molar-refractivity contribution in [2.45, 2.75) is 39.7 Å². The number of allylic oxidation sites excluding steroid dienone is 5. The van der Waals surface area contributed by atoms with Gasteiger partial charge in [-0.25, -0.2) is 4.79 Å². The van der Waals surface area contributed by atoms with E-state index in [1.54, 1.807) is 19.2 Å². The summed E-state index contributed by atoms with van der Waals surface area (Å²) in [4.78, 5) is 25.2. The van der Waals surface area contributed by atoms with Crippen LogP contribution in [-0.4, -0.2) is 30.4 Å². The molecule has 0 aromatic carbocycles. The second-order valence-electron chi connectivity index (χ2n) is 6.50. The monoisotopic (exact) mass is 357 g/mol. The summed E-state index contributed by atoms with van der Waals surface area (Å²) in [7, 11) is 0. The van der Waals surface area contributed by atoms with E-state index in [9.17, 15) is 9.59 Å². The van der Waals surface area contributed by atoms with Crippen molar-refractivity contribution in [2.75, 3.05) is 19.8 Å². The average Bonchev–Trinajstić information content (AvgIpc) is 2.64. The summed E-state index contributed by atoms with van der Waals surface area (Å²) < 4.78 is 12.5. The number of nitrogens with zero attached hydrogens (tertiary/aromatic N) is 1. The zero-order valence-corrected chi connectivity index (χ0v) is 15.8. The first kappa shape index (κ1) is 19.9. The van der Waals surface area contributed by atoms with Crippen LogP contribution in [0.4, 0.5) is 0 Å². The summed E-state index contributed by atoms with van der Waals surface area (Å²) >= 11 is 0. The first-order chi connectivity index (χ1) is 12.5. The lowest BCUT2D eigenvalue weighted by Crippen LogP contribution is -2.26. The van der Waals surface area contributed by atoms with Gasteiger partial charge in [0.1, 0.15) is 5.56 Å². The molecule has 2 heterocycles. The molecule has 0 N–H and O–H groups in total. The van der Waals surface area contributed by atoms with Gasteiger partial charge < -0.3 is 14.0 Å². The lowest BCUT2D eigenvalue weighted by Gasteiger charge is -2.26. The van der Waals surface area contributed by atoms with E-state index in [1.807, 2.05) is 36.8 Å². The molecule has 140 valence electrons. The highest BCUT2D eigenvalue weighted by Crippen LogP contribution is 2.23. The largest absolute Gasteiger partial charge is 0.462 e. The van der Waals surface area contributed by atoms with Gasteiger partial charge in [-0.05, 0) is 39.2 Å². The Bertz CT molecular complexity index is 776. The van der Waals surface area contributed by atoms with Crippen molar-refractivity contribution in [2.24, 2.45) is 0 Å². The number of carbonyl (C=O) groups is 1. The van der Waals surface area contributed by atoms with E-state index in [-0.39, 0.29) is 23.6 Å². The number of rotatable bonds is 6. The molecule has 0 amide bonds. The highest BCUT2D eigenvalue weighted by molar-refractivity contribution is 5.90. The van der Waals surface area contributed by atoms with E-state index < -0.39 is 5.97 Å². The van der Waals surface area contributed by atoms with Crippen LogP contribution in [0, 0.1) is 0 Å². The fraction of sp³-hybridized carbons (Fsp3) is 0.429. The number of esters is 1. The van der Waals surface area contributed by atoms with E-state index >= 15 is 0 Å². The minimum Gasteiger partial charge on any atom is -0.462 e. The van der Waals surface area contributed by atoms with Gasteiger partial charge in [-0.1, -0.05) is 30.4 Å². The van der Waals surface area contributed by atoms with Gasteiger partial charge in [-0.3, -0.25) is 4.79 Å². The lowest BCUT2D eigenvalue weighted by atomic mass is 10.0. The molecule has 1 aliphatic heterocycles. The van der Waals surface area contributed by atoms with E-state index in [2.05, 4.69) is 6.58 Å². The third-order valence-corrected chi connectivity index (χ3v) is 4.28. The van der Waals surface area contributed by atoms with Gasteiger partial charge in [-0.15, -0.1) is 0 Å². The van der Waals surface area contributed by atoms with E-state index in [0.717, 1.165) is 18.4 Å². The Hall–Kier alpha value is -2.40. The van der Waals surface area contributed by atoms with Crippen LogP contribution in [0.2, 0.25) is 0 Å². The van der Waals surface area contributed by atoms with Crippen LogP contribution in [0.15, 0.2) is 47.6 Å². The smallest absolute Gasteiger partial charge is 0.343 e. The summed E-state index contributed by atoms with van der Waals surface area (Å²) in [5.41, 5.74) is 1.97. The van der Waals surface area contributed by atoms with Crippen LogP contribution in [0.1, 0.15) is 55.6 Å². The first-order valence-corrected chi connectivity index (χ1v) is 8.96. The Morgan fingerprint density at radius 2 is 1.92 bits per heavy atom. The van der Waals surface area contributed by atoms with Crippen LogP contribution in [0.3, 0.4) is 0 Å². The Kier molecular flexibility index (Phi) is 7.16. The van der Waals surface area contributed by atoms with Crippen molar-refractivity contribution in [1.29, 1.82) is 0 Å². The summed E-state index contributed by atoms with van der Waals surface area (Å²) in [5.74, 6) is -0.592. The molecule has 1 fully saturated rings. The highest BCUT2D eigenvalue weighted by atomic mass is 16.5. The van der Waals surface area contributed by atoms with Crippen molar-refractivity contribution in [3.05, 3.63) is 64.1 Å². The van der Waals surface area contributed by atoms with Gasteiger partial charge in [0.05, 0.1) is 6.61 Å². The first-order valence-electron chi connectivity index (χ1n) is 8.96. The molecule has 1 aliphatic rings. The fourth-order valence-electron chi connectivity index (χ4n) is 2.88. The second kappa shape index (κ2) is 9.34. The third kappa shape index (κ3) is 4.82. The number of pyridine rings is 1. The van der Waals surface area contributed by atoms with Gasteiger partial charge in [0.15, 0.2) is 0 Å². The molecule has 2 rings (SSSR count).